The molecule has 1 amide bonds. The fourth-order valence-electron chi connectivity index (χ4n) is 2.96. The highest BCUT2D eigenvalue weighted by Gasteiger charge is 2.21. The van der Waals surface area contributed by atoms with E-state index in [1.54, 1.807) is 13.0 Å². The summed E-state index contributed by atoms with van der Waals surface area (Å²) < 4.78 is 5.34. The van der Waals surface area contributed by atoms with E-state index in [9.17, 15) is 9.59 Å². The van der Waals surface area contributed by atoms with Crippen LogP contribution in [-0.4, -0.2) is 23.0 Å². The topological polar surface area (TPSA) is 71.2 Å². The van der Waals surface area contributed by atoms with Gasteiger partial charge in [0, 0.05) is 16.6 Å². The van der Waals surface area contributed by atoms with Crippen LogP contribution >= 0.6 is 0 Å². The zero-order valence-corrected chi connectivity index (χ0v) is 15.8. The van der Waals surface area contributed by atoms with Gasteiger partial charge in [-0.05, 0) is 43.0 Å². The Labute approximate surface area is 158 Å². The van der Waals surface area contributed by atoms with Gasteiger partial charge in [-0.15, -0.1) is 0 Å². The molecule has 0 aliphatic rings. The number of rotatable bonds is 6. The molecular weight excluding hydrogens is 340 g/mol. The number of nitrogens with one attached hydrogen (secondary N) is 2. The van der Waals surface area contributed by atoms with Crippen molar-refractivity contribution in [3.8, 4) is 0 Å². The number of aromatic amines is 1. The SMILES string of the molecule is CC[C@@H](C)c1ccccc1NC(=O)[C@H](C)OC(=O)c1cc2ccccc2[nH]1. The van der Waals surface area contributed by atoms with Gasteiger partial charge < -0.3 is 15.0 Å². The van der Waals surface area contributed by atoms with Gasteiger partial charge in [-0.3, -0.25) is 4.79 Å². The first kappa shape index (κ1) is 18.7. The van der Waals surface area contributed by atoms with E-state index in [1.165, 1.54) is 0 Å². The lowest BCUT2D eigenvalue weighted by Gasteiger charge is -2.18. The van der Waals surface area contributed by atoms with Crippen LogP contribution in [0.25, 0.3) is 10.9 Å². The summed E-state index contributed by atoms with van der Waals surface area (Å²) in [5.41, 5.74) is 3.01. The second-order valence-electron chi connectivity index (χ2n) is 6.70. The third-order valence-electron chi connectivity index (χ3n) is 4.76. The predicted octanol–water partition coefficient (Wildman–Crippen LogP) is 4.87. The molecule has 1 heterocycles. The summed E-state index contributed by atoms with van der Waals surface area (Å²) in [5.74, 6) is -0.579. The number of amides is 1. The van der Waals surface area contributed by atoms with E-state index in [0.717, 1.165) is 28.6 Å². The van der Waals surface area contributed by atoms with E-state index in [2.05, 4.69) is 24.1 Å². The van der Waals surface area contributed by atoms with Crippen molar-refractivity contribution in [3.63, 3.8) is 0 Å². The molecule has 1 aromatic heterocycles. The Hall–Kier alpha value is -3.08. The van der Waals surface area contributed by atoms with Crippen molar-refractivity contribution >= 4 is 28.5 Å². The lowest BCUT2D eigenvalue weighted by molar-refractivity contribution is -0.123. The minimum atomic E-state index is -0.908. The Morgan fingerprint density at radius 2 is 1.78 bits per heavy atom. The molecule has 0 unspecified atom stereocenters. The van der Waals surface area contributed by atoms with Crippen LogP contribution in [0.4, 0.5) is 5.69 Å². The van der Waals surface area contributed by atoms with E-state index in [4.69, 9.17) is 4.74 Å². The maximum Gasteiger partial charge on any atom is 0.355 e. The number of hydrogen-bond acceptors (Lipinski definition) is 3. The standard InChI is InChI=1S/C22H24N2O3/c1-4-14(2)17-10-6-8-12-19(17)24-21(25)15(3)27-22(26)20-13-16-9-5-7-11-18(16)23-20/h5-15,23H,4H2,1-3H3,(H,24,25)/t14-,15+/m1/s1. The van der Waals surface area contributed by atoms with Gasteiger partial charge in [0.05, 0.1) is 0 Å². The molecule has 0 aliphatic carbocycles. The molecule has 3 rings (SSSR count). The number of aromatic nitrogens is 1. The molecule has 0 bridgehead atoms. The second-order valence-corrected chi connectivity index (χ2v) is 6.70. The summed E-state index contributed by atoms with van der Waals surface area (Å²) in [6, 6.07) is 17.0. The van der Waals surface area contributed by atoms with Crippen molar-refractivity contribution in [2.24, 2.45) is 0 Å². The van der Waals surface area contributed by atoms with Crippen molar-refractivity contribution in [2.45, 2.75) is 39.2 Å². The zero-order chi connectivity index (χ0) is 19.4. The van der Waals surface area contributed by atoms with Gasteiger partial charge in [0.25, 0.3) is 5.91 Å². The van der Waals surface area contributed by atoms with E-state index in [1.807, 2.05) is 48.5 Å². The molecule has 2 aromatic carbocycles. The van der Waals surface area contributed by atoms with Gasteiger partial charge in [-0.1, -0.05) is 50.2 Å². The molecule has 3 aromatic rings. The Morgan fingerprint density at radius 1 is 1.07 bits per heavy atom. The lowest BCUT2D eigenvalue weighted by Crippen LogP contribution is -2.30. The Kier molecular flexibility index (Phi) is 5.60. The molecular formula is C22H24N2O3. The molecule has 0 aliphatic heterocycles. The fraction of sp³-hybridized carbons (Fsp3) is 0.273. The van der Waals surface area contributed by atoms with E-state index in [0.29, 0.717) is 11.6 Å². The number of benzene rings is 2. The Morgan fingerprint density at radius 3 is 2.52 bits per heavy atom. The summed E-state index contributed by atoms with van der Waals surface area (Å²) in [6.45, 7) is 5.79. The van der Waals surface area contributed by atoms with Crippen LogP contribution in [0.15, 0.2) is 54.6 Å². The van der Waals surface area contributed by atoms with E-state index < -0.39 is 12.1 Å². The average Bonchev–Trinajstić information content (AvgIpc) is 3.12. The Balaban J connectivity index is 1.68. The van der Waals surface area contributed by atoms with Gasteiger partial charge in [0.1, 0.15) is 5.69 Å². The second kappa shape index (κ2) is 8.08. The molecule has 27 heavy (non-hydrogen) atoms. The molecule has 140 valence electrons. The largest absolute Gasteiger partial charge is 0.448 e. The van der Waals surface area contributed by atoms with Crippen molar-refractivity contribution < 1.29 is 14.3 Å². The highest BCUT2D eigenvalue weighted by molar-refractivity contribution is 5.99. The average molecular weight is 364 g/mol. The van der Waals surface area contributed by atoms with E-state index in [-0.39, 0.29) is 5.91 Å². The van der Waals surface area contributed by atoms with Crippen LogP contribution in [0.2, 0.25) is 0 Å². The van der Waals surface area contributed by atoms with Crippen molar-refractivity contribution in [2.75, 3.05) is 5.32 Å². The van der Waals surface area contributed by atoms with Crippen LogP contribution in [0.1, 0.15) is 49.2 Å². The summed E-state index contributed by atoms with van der Waals surface area (Å²) >= 11 is 0. The quantitative estimate of drug-likeness (QED) is 0.613. The van der Waals surface area contributed by atoms with Gasteiger partial charge in [-0.2, -0.15) is 0 Å². The zero-order valence-electron chi connectivity index (χ0n) is 15.8. The van der Waals surface area contributed by atoms with Crippen molar-refractivity contribution in [1.29, 1.82) is 0 Å². The number of anilines is 1. The summed E-state index contributed by atoms with van der Waals surface area (Å²) in [4.78, 5) is 27.9. The van der Waals surface area contributed by atoms with Crippen LogP contribution < -0.4 is 5.32 Å². The third-order valence-corrected chi connectivity index (χ3v) is 4.76. The number of hydrogen-bond donors (Lipinski definition) is 2. The molecule has 5 nitrogen and oxygen atoms in total. The van der Waals surface area contributed by atoms with Gasteiger partial charge in [-0.25, -0.2) is 4.79 Å². The highest BCUT2D eigenvalue weighted by Crippen LogP contribution is 2.26. The van der Waals surface area contributed by atoms with Gasteiger partial charge >= 0.3 is 5.97 Å². The number of fused-ring (bicyclic) bond motifs is 1. The normalized spacial score (nSPS) is 13.1. The smallest absolute Gasteiger partial charge is 0.355 e. The number of carbonyl (C=O) groups is 2. The molecule has 0 saturated carbocycles. The summed E-state index contributed by atoms with van der Waals surface area (Å²) in [6.07, 6.45) is 0.0616. The molecule has 2 atom stereocenters. The van der Waals surface area contributed by atoms with Crippen molar-refractivity contribution in [1.82, 2.24) is 4.98 Å². The molecule has 2 N–H and O–H groups in total. The minimum absolute atomic E-state index is 0.325. The van der Waals surface area contributed by atoms with E-state index >= 15 is 0 Å². The monoisotopic (exact) mass is 364 g/mol. The molecule has 5 heteroatoms. The first-order chi connectivity index (χ1) is 13.0. The highest BCUT2D eigenvalue weighted by atomic mass is 16.5. The molecule has 0 saturated heterocycles. The van der Waals surface area contributed by atoms with Crippen molar-refractivity contribution in [3.05, 3.63) is 65.9 Å². The number of H-pyrrole nitrogens is 1. The number of carbonyl (C=O) groups excluding carboxylic acids is 2. The first-order valence-electron chi connectivity index (χ1n) is 9.18. The fourth-order valence-corrected chi connectivity index (χ4v) is 2.96. The summed E-state index contributed by atoms with van der Waals surface area (Å²) in [7, 11) is 0. The third kappa shape index (κ3) is 4.19. The number of ether oxygens (including phenoxy) is 1. The number of esters is 1. The van der Waals surface area contributed by atoms with Crippen LogP contribution in [0.5, 0.6) is 0 Å². The lowest BCUT2D eigenvalue weighted by atomic mass is 9.97. The van der Waals surface area contributed by atoms with Crippen LogP contribution in [0.3, 0.4) is 0 Å². The molecule has 0 fully saturated rings. The predicted molar refractivity (Wildman–Crippen MR) is 107 cm³/mol. The van der Waals surface area contributed by atoms with Crippen LogP contribution in [-0.2, 0) is 9.53 Å². The number of para-hydroxylation sites is 2. The molecule has 0 radical (unpaired) electrons. The Bertz CT molecular complexity index is 928. The maximum absolute atomic E-state index is 12.5. The van der Waals surface area contributed by atoms with Gasteiger partial charge in [0.15, 0.2) is 6.10 Å². The minimum Gasteiger partial charge on any atom is -0.448 e. The van der Waals surface area contributed by atoms with Crippen LogP contribution in [0, 0.1) is 0 Å². The van der Waals surface area contributed by atoms with Gasteiger partial charge in [0.2, 0.25) is 0 Å². The molecule has 0 spiro atoms. The summed E-state index contributed by atoms with van der Waals surface area (Å²) in [5, 5.41) is 3.80. The first-order valence-corrected chi connectivity index (χ1v) is 9.18. The maximum atomic E-state index is 12.5.